The lowest BCUT2D eigenvalue weighted by molar-refractivity contribution is -0.142. The van der Waals surface area contributed by atoms with Gasteiger partial charge in [-0.05, 0) is 56.8 Å². The van der Waals surface area contributed by atoms with Crippen LogP contribution >= 0.6 is 34.5 Å². The van der Waals surface area contributed by atoms with E-state index in [1.807, 2.05) is 17.0 Å². The molecule has 0 unspecified atom stereocenters. The zero-order chi connectivity index (χ0) is 27.5. The smallest absolute Gasteiger partial charge is 0.306 e. The van der Waals surface area contributed by atoms with E-state index in [2.05, 4.69) is 21.8 Å². The second kappa shape index (κ2) is 12.3. The van der Waals surface area contributed by atoms with Gasteiger partial charge in [0, 0.05) is 46.2 Å². The van der Waals surface area contributed by atoms with E-state index >= 15 is 0 Å². The molecule has 0 spiro atoms. The predicted octanol–water partition coefficient (Wildman–Crippen LogP) is 6.01. The molecule has 1 aromatic carbocycles. The molecule has 2 aliphatic rings. The fourth-order valence-electron chi connectivity index (χ4n) is 5.46. The van der Waals surface area contributed by atoms with Crippen molar-refractivity contribution in [1.29, 1.82) is 0 Å². The van der Waals surface area contributed by atoms with Gasteiger partial charge in [-0.3, -0.25) is 14.5 Å². The molecule has 2 fully saturated rings. The van der Waals surface area contributed by atoms with Gasteiger partial charge in [0.05, 0.1) is 30.4 Å². The minimum absolute atomic E-state index is 0.126. The maximum atomic E-state index is 13.2. The third kappa shape index (κ3) is 6.60. The number of hydrogen-bond acceptors (Lipinski definition) is 8. The van der Waals surface area contributed by atoms with E-state index in [9.17, 15) is 14.7 Å². The highest BCUT2D eigenvalue weighted by atomic mass is 35.5. The molecule has 0 saturated carbocycles. The molecule has 1 N–H and O–H groups in total. The van der Waals surface area contributed by atoms with E-state index < -0.39 is 5.97 Å². The Labute approximate surface area is 242 Å². The van der Waals surface area contributed by atoms with Gasteiger partial charge in [0.1, 0.15) is 16.5 Å². The lowest BCUT2D eigenvalue weighted by Crippen LogP contribution is -2.36. The van der Waals surface area contributed by atoms with Crippen LogP contribution in [0.1, 0.15) is 59.4 Å². The highest BCUT2D eigenvalue weighted by Crippen LogP contribution is 2.35. The van der Waals surface area contributed by atoms with Crippen LogP contribution in [0.4, 0.5) is 5.82 Å². The summed E-state index contributed by atoms with van der Waals surface area (Å²) in [7, 11) is 0. The first-order valence-corrected chi connectivity index (χ1v) is 14.9. The Bertz CT molecular complexity index is 1320. The van der Waals surface area contributed by atoms with Crippen LogP contribution in [0.5, 0.6) is 0 Å². The maximum Gasteiger partial charge on any atom is 0.306 e. The van der Waals surface area contributed by atoms with Gasteiger partial charge in [0.2, 0.25) is 0 Å². The first-order chi connectivity index (χ1) is 18.8. The first-order valence-electron chi connectivity index (χ1n) is 13.3. The molecule has 8 nitrogen and oxygen atoms in total. The molecule has 206 valence electrons. The Hall–Kier alpha value is -2.59. The van der Waals surface area contributed by atoms with Gasteiger partial charge in [-0.2, -0.15) is 0 Å². The van der Waals surface area contributed by atoms with E-state index in [1.54, 1.807) is 23.6 Å². The van der Waals surface area contributed by atoms with E-state index in [0.29, 0.717) is 47.8 Å². The zero-order valence-electron chi connectivity index (χ0n) is 21.8. The zero-order valence-corrected chi connectivity index (χ0v) is 24.1. The molecule has 2 aliphatic heterocycles. The lowest BCUT2D eigenvalue weighted by Gasteiger charge is -2.30. The van der Waals surface area contributed by atoms with Crippen LogP contribution in [0.25, 0.3) is 11.3 Å². The molecule has 0 radical (unpaired) electrons. The van der Waals surface area contributed by atoms with Gasteiger partial charge in [-0.1, -0.05) is 30.1 Å². The van der Waals surface area contributed by atoms with Crippen molar-refractivity contribution in [2.24, 2.45) is 5.92 Å². The number of piperidine rings is 1. The number of hydrogen-bond donors (Lipinski definition) is 1. The third-order valence-corrected chi connectivity index (χ3v) is 9.08. The van der Waals surface area contributed by atoms with Crippen LogP contribution in [-0.2, 0) is 17.8 Å². The number of Topliss-reactive ketones (excluding diaryl/α,β-unsaturated/α-hetero) is 1. The summed E-state index contributed by atoms with van der Waals surface area (Å²) in [4.78, 5) is 43.7. The Morgan fingerprint density at radius 1 is 1.05 bits per heavy atom. The van der Waals surface area contributed by atoms with Gasteiger partial charge in [-0.25, -0.2) is 15.0 Å². The molecule has 11 heteroatoms. The molecule has 4 heterocycles. The lowest BCUT2D eigenvalue weighted by atomic mass is 9.97. The van der Waals surface area contributed by atoms with Crippen molar-refractivity contribution in [3.05, 3.63) is 56.2 Å². The molecule has 0 amide bonds. The average Bonchev–Trinajstić information content (AvgIpc) is 3.54. The molecule has 3 aromatic rings. The van der Waals surface area contributed by atoms with Gasteiger partial charge in [0.15, 0.2) is 5.78 Å². The molecule has 2 saturated heterocycles. The van der Waals surface area contributed by atoms with Crippen LogP contribution in [0.15, 0.2) is 30.6 Å². The largest absolute Gasteiger partial charge is 0.481 e. The molecule has 5 rings (SSSR count). The van der Waals surface area contributed by atoms with E-state index in [1.165, 1.54) is 19.0 Å². The number of halogens is 2. The number of carbonyl (C=O) groups excluding carboxylic acids is 1. The molecule has 1 atom stereocenters. The van der Waals surface area contributed by atoms with Crippen LogP contribution in [0, 0.1) is 5.92 Å². The number of carboxylic acid groups (broad SMARTS) is 1. The van der Waals surface area contributed by atoms with Crippen molar-refractivity contribution in [1.82, 2.24) is 19.9 Å². The second-order valence-electron chi connectivity index (χ2n) is 10.2. The molecule has 2 aromatic heterocycles. The minimum atomic E-state index is -0.751. The van der Waals surface area contributed by atoms with Crippen molar-refractivity contribution < 1.29 is 14.7 Å². The van der Waals surface area contributed by atoms with Crippen LogP contribution < -0.4 is 4.90 Å². The first kappa shape index (κ1) is 28.0. The molecule has 39 heavy (non-hydrogen) atoms. The number of benzene rings is 1. The Morgan fingerprint density at radius 3 is 2.44 bits per heavy atom. The van der Waals surface area contributed by atoms with Gasteiger partial charge >= 0.3 is 5.97 Å². The van der Waals surface area contributed by atoms with Crippen molar-refractivity contribution in [2.75, 3.05) is 24.5 Å². The number of thiazole rings is 1. The van der Waals surface area contributed by atoms with Gasteiger partial charge in [0.25, 0.3) is 0 Å². The second-order valence-corrected chi connectivity index (χ2v) is 12.2. The number of aromatic nitrogens is 3. The van der Waals surface area contributed by atoms with E-state index in [4.69, 9.17) is 28.2 Å². The summed E-state index contributed by atoms with van der Waals surface area (Å²) in [6.07, 6.45) is 7.86. The normalized spacial score (nSPS) is 18.5. The fourth-order valence-corrected chi connectivity index (χ4v) is 7.10. The molecule has 0 bridgehead atoms. The summed E-state index contributed by atoms with van der Waals surface area (Å²) < 4.78 is 0. The fraction of sp³-hybridized carbons (Fsp3) is 0.464. The molecular weight excluding hydrogens is 557 g/mol. The monoisotopic (exact) mass is 587 g/mol. The van der Waals surface area contributed by atoms with Crippen molar-refractivity contribution in [2.45, 2.75) is 58.0 Å². The molecule has 0 aliphatic carbocycles. The Balaban J connectivity index is 1.33. The Kier molecular flexibility index (Phi) is 8.81. The Morgan fingerprint density at radius 2 is 1.79 bits per heavy atom. The minimum Gasteiger partial charge on any atom is -0.481 e. The van der Waals surface area contributed by atoms with Crippen molar-refractivity contribution >= 4 is 52.1 Å². The van der Waals surface area contributed by atoms with Gasteiger partial charge < -0.3 is 10.0 Å². The van der Waals surface area contributed by atoms with E-state index in [-0.39, 0.29) is 23.8 Å². The van der Waals surface area contributed by atoms with Gasteiger partial charge in [-0.15, -0.1) is 11.3 Å². The number of ketones is 1. The summed E-state index contributed by atoms with van der Waals surface area (Å²) in [6, 6.07) is 5.98. The predicted molar refractivity (Wildman–Crippen MR) is 154 cm³/mol. The van der Waals surface area contributed by atoms with E-state index in [0.717, 1.165) is 40.7 Å². The number of aliphatic carboxylic acids is 1. The maximum absolute atomic E-state index is 13.2. The topological polar surface area (TPSA) is 99.5 Å². The SMILES string of the molecule is CC[C@@H]1CCCN1Cc1sc(CC(=O)c2cnc(N3CCC(C(=O)O)CC3)cn2)nc1-c1cc(Cl)cc(Cl)c1. The van der Waals surface area contributed by atoms with Crippen molar-refractivity contribution in [3.63, 3.8) is 0 Å². The number of likely N-dealkylation sites (tertiary alicyclic amines) is 1. The summed E-state index contributed by atoms with van der Waals surface area (Å²) in [5.74, 6) is -0.561. The summed E-state index contributed by atoms with van der Waals surface area (Å²) >= 11 is 14.2. The summed E-state index contributed by atoms with van der Waals surface area (Å²) in [6.45, 7) is 5.26. The number of carbonyl (C=O) groups is 2. The highest BCUT2D eigenvalue weighted by Gasteiger charge is 2.27. The molecular formula is C28H31Cl2N5O3S. The highest BCUT2D eigenvalue weighted by molar-refractivity contribution is 7.12. The van der Waals surface area contributed by atoms with Crippen molar-refractivity contribution in [3.8, 4) is 11.3 Å². The number of nitrogens with zero attached hydrogens (tertiary/aromatic N) is 5. The van der Waals surface area contributed by atoms with Crippen LogP contribution in [-0.4, -0.2) is 62.4 Å². The van der Waals surface area contributed by atoms with Crippen LogP contribution in [0.3, 0.4) is 0 Å². The number of carboxylic acids is 1. The van der Waals surface area contributed by atoms with Crippen LogP contribution in [0.2, 0.25) is 10.0 Å². The third-order valence-electron chi connectivity index (χ3n) is 7.60. The summed E-state index contributed by atoms with van der Waals surface area (Å²) in [5.41, 5.74) is 1.95. The average molecular weight is 589 g/mol. The summed E-state index contributed by atoms with van der Waals surface area (Å²) in [5, 5.41) is 11.0. The number of rotatable bonds is 9. The quantitative estimate of drug-likeness (QED) is 0.304. The standard InChI is InChI=1S/C28H31Cl2N5O3S/c1-2-21-4-3-7-35(21)16-24-27(18-10-19(29)12-20(30)11-18)33-26(39-24)13-23(36)22-14-32-25(15-31-22)34-8-5-17(6-9-34)28(37)38/h10-12,14-15,17,21H,2-9,13,16H2,1H3,(H,37,38)/t21-/m1/s1. The number of anilines is 1.